The summed E-state index contributed by atoms with van der Waals surface area (Å²) >= 11 is 6.82. The lowest BCUT2D eigenvalue weighted by Gasteiger charge is -2.17. The Labute approximate surface area is 192 Å². The molecule has 1 N–H and O–H groups in total. The van der Waals surface area contributed by atoms with E-state index in [0.29, 0.717) is 6.07 Å². The first-order valence-corrected chi connectivity index (χ1v) is 10.6. The van der Waals surface area contributed by atoms with Crippen LogP contribution in [0.5, 0.6) is 0 Å². The van der Waals surface area contributed by atoms with Gasteiger partial charge in [0, 0.05) is 17.6 Å². The fourth-order valence-corrected chi connectivity index (χ4v) is 3.53. The van der Waals surface area contributed by atoms with E-state index in [2.05, 4.69) is 5.32 Å². The Morgan fingerprint density at radius 2 is 1.84 bits per heavy atom. The topological polar surface area (TPSA) is 75.7 Å². The number of nitrogens with zero attached hydrogens (tertiary/aromatic N) is 1. The first-order valence-electron chi connectivity index (χ1n) is 9.22. The van der Waals surface area contributed by atoms with Crippen LogP contribution in [0.15, 0.2) is 47.4 Å². The molecule has 0 saturated heterocycles. The summed E-state index contributed by atoms with van der Waals surface area (Å²) < 4.78 is 43.7. The van der Waals surface area contributed by atoms with E-state index in [1.165, 1.54) is 24.9 Å². The summed E-state index contributed by atoms with van der Waals surface area (Å²) in [5.74, 6) is -1.94. The minimum atomic E-state index is -4.67. The van der Waals surface area contributed by atoms with Crippen molar-refractivity contribution in [3.8, 4) is 0 Å². The number of hydrogen-bond acceptors (Lipinski definition) is 5. The van der Waals surface area contributed by atoms with Gasteiger partial charge in [0.15, 0.2) is 6.61 Å². The number of alkyl halides is 3. The van der Waals surface area contributed by atoms with Gasteiger partial charge in [0.05, 0.1) is 22.9 Å². The molecular weight excluding hydrogens is 469 g/mol. The number of carbonyl (C=O) groups is 3. The molecule has 2 aromatic rings. The molecule has 11 heteroatoms. The Kier molecular flexibility index (Phi) is 8.97. The average Bonchev–Trinajstić information content (AvgIpc) is 2.71. The van der Waals surface area contributed by atoms with Crippen molar-refractivity contribution in [1.29, 1.82) is 0 Å². The van der Waals surface area contributed by atoms with E-state index < -0.39 is 47.7 Å². The molecule has 0 atom stereocenters. The number of halogens is 4. The summed E-state index contributed by atoms with van der Waals surface area (Å²) in [4.78, 5) is 37.9. The molecule has 0 aliphatic carbocycles. The lowest BCUT2D eigenvalue weighted by atomic mass is 10.2. The minimum Gasteiger partial charge on any atom is -0.455 e. The Bertz CT molecular complexity index is 1000. The molecule has 2 aromatic carbocycles. The lowest BCUT2D eigenvalue weighted by Crippen LogP contribution is -2.37. The molecule has 0 radical (unpaired) electrons. The highest BCUT2D eigenvalue weighted by atomic mass is 35.5. The number of nitrogens with one attached hydrogen (secondary N) is 1. The molecular formula is C21H20ClF3N2O4S. The number of aryl methyl sites for hydroxylation is 1. The van der Waals surface area contributed by atoms with Crippen molar-refractivity contribution in [3.63, 3.8) is 0 Å². The second-order valence-corrected chi connectivity index (χ2v) is 8.13. The zero-order chi connectivity index (χ0) is 23.9. The maximum atomic E-state index is 12.9. The second kappa shape index (κ2) is 11.2. The molecule has 172 valence electrons. The van der Waals surface area contributed by atoms with Crippen LogP contribution in [-0.4, -0.2) is 48.6 Å². The monoisotopic (exact) mass is 488 g/mol. The van der Waals surface area contributed by atoms with Crippen molar-refractivity contribution in [2.24, 2.45) is 0 Å². The van der Waals surface area contributed by atoms with Crippen molar-refractivity contribution in [2.75, 3.05) is 31.3 Å². The predicted molar refractivity (Wildman–Crippen MR) is 116 cm³/mol. The SMILES string of the molecule is Cc1ccccc1SCC(=O)OCC(=O)N(C)CC(=O)Nc1ccc(Cl)c(C(F)(F)F)c1. The highest BCUT2D eigenvalue weighted by Crippen LogP contribution is 2.36. The van der Waals surface area contributed by atoms with Crippen molar-refractivity contribution in [1.82, 2.24) is 4.90 Å². The van der Waals surface area contributed by atoms with Crippen LogP contribution in [0.2, 0.25) is 5.02 Å². The highest BCUT2D eigenvalue weighted by Gasteiger charge is 2.33. The summed E-state index contributed by atoms with van der Waals surface area (Å²) in [5.41, 5.74) is -0.195. The molecule has 2 rings (SSSR count). The Morgan fingerprint density at radius 3 is 2.50 bits per heavy atom. The molecule has 6 nitrogen and oxygen atoms in total. The summed E-state index contributed by atoms with van der Waals surface area (Å²) in [6, 6.07) is 10.4. The van der Waals surface area contributed by atoms with E-state index >= 15 is 0 Å². The van der Waals surface area contributed by atoms with Gasteiger partial charge in [0.2, 0.25) is 5.91 Å². The maximum absolute atomic E-state index is 12.9. The van der Waals surface area contributed by atoms with E-state index in [1.807, 2.05) is 31.2 Å². The molecule has 0 bridgehead atoms. The molecule has 32 heavy (non-hydrogen) atoms. The number of hydrogen-bond donors (Lipinski definition) is 1. The van der Waals surface area contributed by atoms with E-state index in [1.54, 1.807) is 0 Å². The van der Waals surface area contributed by atoms with Gasteiger partial charge in [0.25, 0.3) is 5.91 Å². The summed E-state index contributed by atoms with van der Waals surface area (Å²) in [5, 5.41) is 1.78. The standard InChI is InChI=1S/C21H20ClF3N2O4S/c1-13-5-3-4-6-17(13)32-12-20(30)31-11-19(29)27(2)10-18(28)26-14-7-8-16(22)15(9-14)21(23,24)25/h3-9H,10-12H2,1-2H3,(H,26,28). The van der Waals surface area contributed by atoms with Gasteiger partial charge in [0.1, 0.15) is 0 Å². The third-order valence-electron chi connectivity index (χ3n) is 4.16. The lowest BCUT2D eigenvalue weighted by molar-refractivity contribution is -0.149. The number of esters is 1. The third kappa shape index (κ3) is 7.76. The molecule has 0 saturated carbocycles. The predicted octanol–water partition coefficient (Wildman–Crippen LogP) is 4.40. The van der Waals surface area contributed by atoms with Gasteiger partial charge in [-0.25, -0.2) is 0 Å². The van der Waals surface area contributed by atoms with E-state index in [4.69, 9.17) is 16.3 Å². The van der Waals surface area contributed by atoms with Gasteiger partial charge in [-0.3, -0.25) is 14.4 Å². The number of benzene rings is 2. The van der Waals surface area contributed by atoms with Crippen molar-refractivity contribution in [3.05, 3.63) is 58.6 Å². The summed E-state index contributed by atoms with van der Waals surface area (Å²) in [7, 11) is 1.31. The molecule has 0 aliphatic rings. The van der Waals surface area contributed by atoms with Crippen LogP contribution in [-0.2, 0) is 25.3 Å². The quantitative estimate of drug-likeness (QED) is 0.440. The van der Waals surface area contributed by atoms with Gasteiger partial charge in [-0.15, -0.1) is 11.8 Å². The zero-order valence-corrected chi connectivity index (χ0v) is 18.7. The number of anilines is 1. The van der Waals surface area contributed by atoms with E-state index in [-0.39, 0.29) is 11.4 Å². The Balaban J connectivity index is 1.80. The van der Waals surface area contributed by atoms with E-state index in [9.17, 15) is 27.6 Å². The van der Waals surface area contributed by atoms with Crippen LogP contribution in [0, 0.1) is 6.92 Å². The summed E-state index contributed by atoms with van der Waals surface area (Å²) in [6.45, 7) is 0.902. The van der Waals surface area contributed by atoms with Crippen molar-refractivity contribution >= 4 is 46.8 Å². The Hall–Kier alpha value is -2.72. The molecule has 0 aromatic heterocycles. The average molecular weight is 489 g/mol. The molecule has 0 fully saturated rings. The van der Waals surface area contributed by atoms with Crippen LogP contribution >= 0.6 is 23.4 Å². The van der Waals surface area contributed by atoms with Crippen LogP contribution < -0.4 is 5.32 Å². The largest absolute Gasteiger partial charge is 0.455 e. The van der Waals surface area contributed by atoms with Crippen LogP contribution in [0.25, 0.3) is 0 Å². The second-order valence-electron chi connectivity index (χ2n) is 6.71. The number of amides is 2. The zero-order valence-electron chi connectivity index (χ0n) is 17.2. The summed E-state index contributed by atoms with van der Waals surface area (Å²) in [6.07, 6.45) is -4.67. The van der Waals surface area contributed by atoms with Gasteiger partial charge in [-0.05, 0) is 36.8 Å². The van der Waals surface area contributed by atoms with Crippen LogP contribution in [0.4, 0.5) is 18.9 Å². The fourth-order valence-electron chi connectivity index (χ4n) is 2.47. The molecule has 0 unspecified atom stereocenters. The number of rotatable bonds is 8. The smallest absolute Gasteiger partial charge is 0.417 e. The number of ether oxygens (including phenoxy) is 1. The van der Waals surface area contributed by atoms with Gasteiger partial charge >= 0.3 is 12.1 Å². The number of likely N-dealkylation sites (N-methyl/N-ethyl adjacent to an activating group) is 1. The number of thioether (sulfide) groups is 1. The highest BCUT2D eigenvalue weighted by molar-refractivity contribution is 8.00. The van der Waals surface area contributed by atoms with Crippen LogP contribution in [0.3, 0.4) is 0 Å². The van der Waals surface area contributed by atoms with Gasteiger partial charge < -0.3 is 15.0 Å². The van der Waals surface area contributed by atoms with Crippen molar-refractivity contribution in [2.45, 2.75) is 18.0 Å². The third-order valence-corrected chi connectivity index (χ3v) is 5.64. The number of carbonyl (C=O) groups excluding carboxylic acids is 3. The van der Waals surface area contributed by atoms with Crippen molar-refractivity contribution < 1.29 is 32.3 Å². The Morgan fingerprint density at radius 1 is 1.16 bits per heavy atom. The van der Waals surface area contributed by atoms with E-state index in [0.717, 1.165) is 21.4 Å². The van der Waals surface area contributed by atoms with Gasteiger partial charge in [-0.1, -0.05) is 29.8 Å². The molecule has 0 heterocycles. The molecule has 0 spiro atoms. The molecule has 2 amide bonds. The normalized spacial score (nSPS) is 11.1. The first kappa shape index (κ1) is 25.5. The van der Waals surface area contributed by atoms with Crippen LogP contribution in [0.1, 0.15) is 11.1 Å². The molecule has 0 aliphatic heterocycles. The maximum Gasteiger partial charge on any atom is 0.417 e. The first-order chi connectivity index (χ1) is 15.0. The fraction of sp³-hybridized carbons (Fsp3) is 0.286. The minimum absolute atomic E-state index is 0.0143. The van der Waals surface area contributed by atoms with Gasteiger partial charge in [-0.2, -0.15) is 13.2 Å².